The van der Waals surface area contributed by atoms with Crippen LogP contribution in [0, 0.1) is 5.92 Å². The van der Waals surface area contributed by atoms with Crippen LogP contribution in [0.3, 0.4) is 0 Å². The normalized spacial score (nSPS) is 26.4. The first-order chi connectivity index (χ1) is 20.1. The van der Waals surface area contributed by atoms with Crippen molar-refractivity contribution < 1.29 is 28.7 Å². The zero-order valence-electron chi connectivity index (χ0n) is 24.7. The number of hydrogen-bond donors (Lipinski definition) is 3. The van der Waals surface area contributed by atoms with Gasteiger partial charge in [0, 0.05) is 11.9 Å². The third-order valence-corrected chi connectivity index (χ3v) is 7.35. The summed E-state index contributed by atoms with van der Waals surface area (Å²) in [6.45, 7) is 7.97. The molecule has 226 valence electrons. The summed E-state index contributed by atoms with van der Waals surface area (Å²) in [7, 11) is 0. The van der Waals surface area contributed by atoms with Crippen LogP contribution in [0.4, 0.5) is 0 Å². The summed E-state index contributed by atoms with van der Waals surface area (Å²) in [5.41, 5.74) is 5.56. The number of fused-ring (bicyclic) bond motifs is 4. The largest absolute Gasteiger partial charge is 0.452 e. The zero-order chi connectivity index (χ0) is 30.2. The van der Waals surface area contributed by atoms with Gasteiger partial charge in [0.25, 0.3) is 11.8 Å². The number of carbonyl (C=O) groups is 4. The fourth-order valence-electron chi connectivity index (χ4n) is 4.93. The summed E-state index contributed by atoms with van der Waals surface area (Å²) in [6, 6.07) is 8.03. The summed E-state index contributed by atoms with van der Waals surface area (Å²) in [5, 5.41) is 8.06. The number of hydrazine groups is 1. The van der Waals surface area contributed by atoms with Crippen LogP contribution in [-0.4, -0.2) is 71.6 Å². The molecule has 5 bridgehead atoms. The number of aromatic nitrogens is 1. The predicted molar refractivity (Wildman–Crippen MR) is 158 cm³/mol. The molecular weight excluding hydrogens is 538 g/mol. The molecule has 2 aliphatic heterocycles. The maximum atomic E-state index is 13.2. The third kappa shape index (κ3) is 8.13. The quantitative estimate of drug-likeness (QED) is 0.439. The number of cyclic esters (lactones) is 1. The first-order valence-electron chi connectivity index (χ1n) is 14.6. The van der Waals surface area contributed by atoms with Crippen LogP contribution >= 0.6 is 0 Å². The number of amides is 3. The van der Waals surface area contributed by atoms with E-state index in [2.05, 4.69) is 16.1 Å². The highest BCUT2D eigenvalue weighted by Gasteiger charge is 2.33. The Morgan fingerprint density at radius 2 is 1.74 bits per heavy atom. The minimum Gasteiger partial charge on any atom is -0.452 e. The van der Waals surface area contributed by atoms with Gasteiger partial charge < -0.3 is 20.1 Å². The van der Waals surface area contributed by atoms with Crippen molar-refractivity contribution in [2.24, 2.45) is 5.92 Å². The number of pyridine rings is 1. The summed E-state index contributed by atoms with van der Waals surface area (Å²) in [4.78, 5) is 56.6. The molecule has 4 rings (SSSR count). The Morgan fingerprint density at radius 1 is 0.976 bits per heavy atom. The second-order valence-electron chi connectivity index (χ2n) is 11.2. The molecule has 0 aliphatic carbocycles. The SMILES string of the molecule is CC(C)[C@@H]1OC(=O)CCOCC/C=C/c2ccc3ccc(nc3c2)[C@@H](C)NC(=O)[C@@H]2CCCN(N2)C(=O)[C@H](C)NC1=O. The van der Waals surface area contributed by atoms with Gasteiger partial charge >= 0.3 is 5.97 Å². The molecule has 0 spiro atoms. The van der Waals surface area contributed by atoms with Gasteiger partial charge in [-0.1, -0.05) is 44.2 Å². The molecule has 42 heavy (non-hydrogen) atoms. The lowest BCUT2D eigenvalue weighted by molar-refractivity contribution is -0.160. The first-order valence-corrected chi connectivity index (χ1v) is 14.6. The Labute approximate surface area is 246 Å². The smallest absolute Gasteiger partial charge is 0.308 e. The van der Waals surface area contributed by atoms with Crippen molar-refractivity contribution in [2.45, 2.75) is 77.6 Å². The van der Waals surface area contributed by atoms with Gasteiger partial charge in [-0.15, -0.1) is 0 Å². The van der Waals surface area contributed by atoms with Crippen molar-refractivity contribution in [3.8, 4) is 0 Å². The zero-order valence-corrected chi connectivity index (χ0v) is 24.7. The molecule has 4 atom stereocenters. The number of nitrogens with zero attached hydrogens (tertiary/aromatic N) is 2. The lowest BCUT2D eigenvalue weighted by atomic mass is 10.1. The molecule has 1 aromatic carbocycles. The van der Waals surface area contributed by atoms with E-state index in [9.17, 15) is 19.2 Å². The monoisotopic (exact) mass is 579 g/mol. The average molecular weight is 580 g/mol. The fourth-order valence-corrected chi connectivity index (χ4v) is 4.93. The number of benzene rings is 1. The van der Waals surface area contributed by atoms with Crippen LogP contribution in [0.1, 0.15) is 70.7 Å². The summed E-state index contributed by atoms with van der Waals surface area (Å²) >= 11 is 0. The van der Waals surface area contributed by atoms with Crippen LogP contribution in [0.5, 0.6) is 0 Å². The van der Waals surface area contributed by atoms with Gasteiger partial charge in [0.2, 0.25) is 5.91 Å². The molecule has 1 aromatic heterocycles. The van der Waals surface area contributed by atoms with E-state index in [1.54, 1.807) is 20.8 Å². The Balaban J connectivity index is 1.53. The van der Waals surface area contributed by atoms with E-state index in [1.807, 2.05) is 49.4 Å². The van der Waals surface area contributed by atoms with Gasteiger partial charge in [0.15, 0.2) is 6.10 Å². The molecule has 3 N–H and O–H groups in total. The van der Waals surface area contributed by atoms with E-state index in [0.29, 0.717) is 32.4 Å². The van der Waals surface area contributed by atoms with E-state index >= 15 is 0 Å². The molecule has 3 amide bonds. The van der Waals surface area contributed by atoms with E-state index in [0.717, 1.165) is 22.2 Å². The lowest BCUT2D eigenvalue weighted by Crippen LogP contribution is -2.61. The molecule has 3 heterocycles. The number of hydrogen-bond acceptors (Lipinski definition) is 8. The van der Waals surface area contributed by atoms with Crippen molar-refractivity contribution in [1.82, 2.24) is 26.1 Å². The van der Waals surface area contributed by atoms with Crippen LogP contribution in [0.2, 0.25) is 0 Å². The number of nitrogens with one attached hydrogen (secondary N) is 3. The molecule has 1 saturated heterocycles. The van der Waals surface area contributed by atoms with Crippen LogP contribution in [0.25, 0.3) is 17.0 Å². The highest BCUT2D eigenvalue weighted by molar-refractivity contribution is 5.90. The molecule has 2 aromatic rings. The van der Waals surface area contributed by atoms with Gasteiger partial charge in [-0.05, 0) is 56.7 Å². The van der Waals surface area contributed by atoms with Gasteiger partial charge in [-0.2, -0.15) is 0 Å². The third-order valence-electron chi connectivity index (χ3n) is 7.35. The summed E-state index contributed by atoms with van der Waals surface area (Å²) in [5.74, 6) is -2.03. The second kappa shape index (κ2) is 14.4. The lowest BCUT2D eigenvalue weighted by Gasteiger charge is -2.35. The molecule has 11 nitrogen and oxygen atoms in total. The molecule has 11 heteroatoms. The van der Waals surface area contributed by atoms with Crippen molar-refractivity contribution >= 4 is 40.7 Å². The maximum Gasteiger partial charge on any atom is 0.308 e. The molecule has 2 aliphatic rings. The maximum absolute atomic E-state index is 13.2. The molecule has 0 unspecified atom stereocenters. The molecular formula is C31H41N5O6. The van der Waals surface area contributed by atoms with E-state index in [-0.39, 0.29) is 36.8 Å². The van der Waals surface area contributed by atoms with Gasteiger partial charge in [0.05, 0.1) is 36.9 Å². The number of esters is 1. The minimum atomic E-state index is -1.05. The molecule has 1 fully saturated rings. The van der Waals surface area contributed by atoms with E-state index in [4.69, 9.17) is 14.5 Å². The van der Waals surface area contributed by atoms with E-state index < -0.39 is 30.1 Å². The highest BCUT2D eigenvalue weighted by atomic mass is 16.6. The number of carbonyl (C=O) groups excluding carboxylic acids is 4. The Kier molecular flexibility index (Phi) is 10.6. The topological polar surface area (TPSA) is 139 Å². The van der Waals surface area contributed by atoms with Gasteiger partial charge in [-0.25, -0.2) is 5.43 Å². The summed E-state index contributed by atoms with van der Waals surface area (Å²) < 4.78 is 11.0. The van der Waals surface area contributed by atoms with Gasteiger partial charge in [0.1, 0.15) is 12.1 Å². The molecule has 0 radical (unpaired) electrons. The fraction of sp³-hybridized carbons (Fsp3) is 0.516. The number of ether oxygens (including phenoxy) is 2. The van der Waals surface area contributed by atoms with Gasteiger partial charge in [-0.3, -0.25) is 29.2 Å². The van der Waals surface area contributed by atoms with Crippen LogP contribution in [-0.2, 0) is 28.7 Å². The second-order valence-corrected chi connectivity index (χ2v) is 11.2. The predicted octanol–water partition coefficient (Wildman–Crippen LogP) is 2.80. The van der Waals surface area contributed by atoms with Crippen molar-refractivity contribution in [3.63, 3.8) is 0 Å². The highest BCUT2D eigenvalue weighted by Crippen LogP contribution is 2.20. The standard InChI is InChI=1S/C31H41N5O6/c1-19(2)28-30(39)33-21(4)31(40)36-15-7-9-25(35-36)29(38)32-20(3)24-13-12-23-11-10-22(18-26(23)34-24)8-5-6-16-41-17-14-27(37)42-28/h5,8,10-13,18-21,25,28,35H,6-7,9,14-17H2,1-4H3,(H,32,38)(H,33,39)/b8-5+/t20-,21+,25+,28+/m1/s1. The first kappa shape index (κ1) is 31.1. The van der Waals surface area contributed by atoms with Crippen LogP contribution < -0.4 is 16.1 Å². The van der Waals surface area contributed by atoms with Crippen LogP contribution in [0.15, 0.2) is 36.4 Å². The van der Waals surface area contributed by atoms with E-state index in [1.165, 1.54) is 5.01 Å². The minimum absolute atomic E-state index is 0.00689. The van der Waals surface area contributed by atoms with Crippen molar-refractivity contribution in [3.05, 3.63) is 47.7 Å². The average Bonchev–Trinajstić information content (AvgIpc) is 2.97. The Morgan fingerprint density at radius 3 is 2.52 bits per heavy atom. The Bertz CT molecular complexity index is 1330. The Hall–Kier alpha value is -3.83. The summed E-state index contributed by atoms with van der Waals surface area (Å²) in [6.07, 6.45) is 4.76. The molecule has 0 saturated carbocycles. The number of rotatable bonds is 1. The van der Waals surface area contributed by atoms with Crippen molar-refractivity contribution in [2.75, 3.05) is 19.8 Å². The van der Waals surface area contributed by atoms with Crippen molar-refractivity contribution in [1.29, 1.82) is 0 Å².